The van der Waals surface area contributed by atoms with Crippen molar-refractivity contribution < 1.29 is 14.3 Å². The van der Waals surface area contributed by atoms with Crippen LogP contribution in [-0.4, -0.2) is 24.6 Å². The Bertz CT molecular complexity index is 245. The first-order valence-electron chi connectivity index (χ1n) is 6.27. The van der Waals surface area contributed by atoms with Gasteiger partial charge < -0.3 is 15.8 Å². The van der Waals surface area contributed by atoms with Crippen molar-refractivity contribution in [3.8, 4) is 0 Å². The van der Waals surface area contributed by atoms with Crippen LogP contribution in [0.1, 0.15) is 53.9 Å². The van der Waals surface area contributed by atoms with Crippen LogP contribution in [0.3, 0.4) is 0 Å². The highest BCUT2D eigenvalue weighted by molar-refractivity contribution is 5.73. The van der Waals surface area contributed by atoms with Crippen LogP contribution in [0.2, 0.25) is 0 Å². The molecule has 0 rings (SSSR count). The SMILES string of the molecule is CC(C)CCCC(N)=O.CNC(=O)OC(C)(C)C. The van der Waals surface area contributed by atoms with E-state index in [0.717, 1.165) is 12.8 Å². The molecule has 0 heterocycles. The molecule has 0 aliphatic rings. The molecule has 5 nitrogen and oxygen atoms in total. The van der Waals surface area contributed by atoms with Gasteiger partial charge in [-0.3, -0.25) is 4.79 Å². The van der Waals surface area contributed by atoms with Gasteiger partial charge in [0.1, 0.15) is 5.60 Å². The predicted octanol–water partition coefficient (Wildman–Crippen LogP) is 2.44. The lowest BCUT2D eigenvalue weighted by atomic mass is 10.1. The van der Waals surface area contributed by atoms with Crippen molar-refractivity contribution in [3.05, 3.63) is 0 Å². The second-order valence-electron chi connectivity index (χ2n) is 5.50. The molecule has 18 heavy (non-hydrogen) atoms. The van der Waals surface area contributed by atoms with Gasteiger partial charge in [0.2, 0.25) is 5.91 Å². The number of nitrogens with one attached hydrogen (secondary N) is 1. The molecule has 2 amide bonds. The zero-order valence-electron chi connectivity index (χ0n) is 12.5. The number of rotatable bonds is 4. The minimum atomic E-state index is -0.389. The minimum Gasteiger partial charge on any atom is -0.444 e. The number of nitrogens with two attached hydrogens (primary N) is 1. The molecule has 108 valence electrons. The monoisotopic (exact) mass is 260 g/mol. The maximum Gasteiger partial charge on any atom is 0.407 e. The number of carbonyl (C=O) groups excluding carboxylic acids is 2. The molecule has 0 aliphatic carbocycles. The molecule has 0 bridgehead atoms. The van der Waals surface area contributed by atoms with Crippen molar-refractivity contribution in [1.82, 2.24) is 5.32 Å². The quantitative estimate of drug-likeness (QED) is 0.814. The maximum absolute atomic E-state index is 10.5. The summed E-state index contributed by atoms with van der Waals surface area (Å²) in [5, 5.41) is 2.36. The van der Waals surface area contributed by atoms with Crippen LogP contribution in [0.25, 0.3) is 0 Å². The molecule has 0 unspecified atom stereocenters. The molecule has 3 N–H and O–H groups in total. The molecule has 0 aromatic carbocycles. The maximum atomic E-state index is 10.5. The van der Waals surface area contributed by atoms with Crippen LogP contribution in [-0.2, 0) is 9.53 Å². The zero-order chi connectivity index (χ0) is 14.8. The van der Waals surface area contributed by atoms with E-state index in [1.165, 1.54) is 7.05 Å². The van der Waals surface area contributed by atoms with Crippen LogP contribution in [0, 0.1) is 5.92 Å². The highest BCUT2D eigenvalue weighted by Crippen LogP contribution is 2.05. The summed E-state index contributed by atoms with van der Waals surface area (Å²) in [6.45, 7) is 9.74. The van der Waals surface area contributed by atoms with E-state index in [1.54, 1.807) is 0 Å². The highest BCUT2D eigenvalue weighted by atomic mass is 16.6. The summed E-state index contributed by atoms with van der Waals surface area (Å²) in [4.78, 5) is 20.7. The van der Waals surface area contributed by atoms with Crippen LogP contribution in [0.4, 0.5) is 4.79 Å². The molecule has 0 saturated carbocycles. The molecular weight excluding hydrogens is 232 g/mol. The fourth-order valence-electron chi connectivity index (χ4n) is 1.01. The Balaban J connectivity index is 0. The van der Waals surface area contributed by atoms with Gasteiger partial charge in [-0.15, -0.1) is 0 Å². The Labute approximate surface area is 110 Å². The molecule has 0 radical (unpaired) electrons. The largest absolute Gasteiger partial charge is 0.444 e. The molecule has 0 spiro atoms. The highest BCUT2D eigenvalue weighted by Gasteiger charge is 2.13. The zero-order valence-corrected chi connectivity index (χ0v) is 12.5. The number of ether oxygens (including phenoxy) is 1. The Morgan fingerprint density at radius 3 is 2.00 bits per heavy atom. The Kier molecular flexibility index (Phi) is 10.3. The van der Waals surface area contributed by atoms with E-state index in [1.807, 2.05) is 20.8 Å². The average Bonchev–Trinajstić information content (AvgIpc) is 2.14. The predicted molar refractivity (Wildman–Crippen MR) is 73.2 cm³/mol. The minimum absolute atomic E-state index is 0.185. The van der Waals surface area contributed by atoms with Gasteiger partial charge in [-0.25, -0.2) is 4.79 Å². The smallest absolute Gasteiger partial charge is 0.407 e. The van der Waals surface area contributed by atoms with Crippen LogP contribution < -0.4 is 11.1 Å². The average molecular weight is 260 g/mol. The Morgan fingerprint density at radius 2 is 1.78 bits per heavy atom. The number of hydrogen-bond acceptors (Lipinski definition) is 3. The van der Waals surface area contributed by atoms with E-state index in [2.05, 4.69) is 19.2 Å². The lowest BCUT2D eigenvalue weighted by Gasteiger charge is -2.18. The summed E-state index contributed by atoms with van der Waals surface area (Å²) in [5.41, 5.74) is 4.55. The van der Waals surface area contributed by atoms with Gasteiger partial charge in [0.15, 0.2) is 0 Å². The third-order valence-corrected chi connectivity index (χ3v) is 1.81. The van der Waals surface area contributed by atoms with Crippen LogP contribution in [0.5, 0.6) is 0 Å². The van der Waals surface area contributed by atoms with E-state index in [0.29, 0.717) is 12.3 Å². The second-order valence-corrected chi connectivity index (χ2v) is 5.50. The first kappa shape index (κ1) is 19.1. The van der Waals surface area contributed by atoms with Crippen LogP contribution >= 0.6 is 0 Å². The fourth-order valence-corrected chi connectivity index (χ4v) is 1.01. The molecule has 0 aromatic heterocycles. The summed E-state index contributed by atoms with van der Waals surface area (Å²) >= 11 is 0. The lowest BCUT2D eigenvalue weighted by Crippen LogP contribution is -2.30. The summed E-state index contributed by atoms with van der Waals surface area (Å²) in [5.74, 6) is 0.500. The Morgan fingerprint density at radius 1 is 1.28 bits per heavy atom. The number of hydrogen-bond donors (Lipinski definition) is 2. The molecule has 0 fully saturated rings. The van der Waals surface area contributed by atoms with Gasteiger partial charge in [-0.2, -0.15) is 0 Å². The first-order valence-corrected chi connectivity index (χ1v) is 6.27. The van der Waals surface area contributed by atoms with Gasteiger partial charge in [0, 0.05) is 13.5 Å². The first-order chi connectivity index (χ1) is 8.08. The van der Waals surface area contributed by atoms with Gasteiger partial charge in [-0.05, 0) is 33.1 Å². The topological polar surface area (TPSA) is 81.4 Å². The third-order valence-electron chi connectivity index (χ3n) is 1.81. The number of alkyl carbamates (subject to hydrolysis) is 1. The summed E-state index contributed by atoms with van der Waals surface area (Å²) in [7, 11) is 1.54. The van der Waals surface area contributed by atoms with E-state index in [4.69, 9.17) is 10.5 Å². The third kappa shape index (κ3) is 20.2. The summed E-state index contributed by atoms with van der Waals surface area (Å²) in [6.07, 6.45) is 2.19. The van der Waals surface area contributed by atoms with E-state index >= 15 is 0 Å². The Hall–Kier alpha value is -1.26. The second kappa shape index (κ2) is 9.74. The number of amides is 2. The molecule has 0 saturated heterocycles. The van der Waals surface area contributed by atoms with Crippen molar-refractivity contribution >= 4 is 12.0 Å². The van der Waals surface area contributed by atoms with Crippen molar-refractivity contribution in [3.63, 3.8) is 0 Å². The fraction of sp³-hybridized carbons (Fsp3) is 0.846. The van der Waals surface area contributed by atoms with Gasteiger partial charge in [0.05, 0.1) is 0 Å². The lowest BCUT2D eigenvalue weighted by molar-refractivity contribution is -0.118. The van der Waals surface area contributed by atoms with Crippen molar-refractivity contribution in [1.29, 1.82) is 0 Å². The number of primary amides is 1. The molecular formula is C13H28N2O3. The van der Waals surface area contributed by atoms with Gasteiger partial charge in [0.25, 0.3) is 0 Å². The van der Waals surface area contributed by atoms with E-state index in [-0.39, 0.29) is 17.6 Å². The number of carbonyl (C=O) groups is 2. The van der Waals surface area contributed by atoms with Gasteiger partial charge >= 0.3 is 6.09 Å². The summed E-state index contributed by atoms with van der Waals surface area (Å²) in [6, 6.07) is 0. The van der Waals surface area contributed by atoms with Crippen molar-refractivity contribution in [2.75, 3.05) is 7.05 Å². The molecule has 5 heteroatoms. The molecule has 0 aromatic rings. The van der Waals surface area contributed by atoms with Crippen molar-refractivity contribution in [2.45, 2.75) is 59.5 Å². The van der Waals surface area contributed by atoms with Gasteiger partial charge in [-0.1, -0.05) is 20.3 Å². The van der Waals surface area contributed by atoms with E-state index in [9.17, 15) is 9.59 Å². The van der Waals surface area contributed by atoms with Crippen LogP contribution in [0.15, 0.2) is 0 Å². The van der Waals surface area contributed by atoms with E-state index < -0.39 is 0 Å². The normalized spacial score (nSPS) is 10.4. The van der Waals surface area contributed by atoms with Crippen molar-refractivity contribution in [2.24, 2.45) is 11.7 Å². The standard InChI is InChI=1S/C7H15NO.C6H13NO2/c1-6(2)4-3-5-7(8)9;1-6(2,3)9-5(8)7-4/h6H,3-5H2,1-2H3,(H2,8,9);1-4H3,(H,7,8). The molecule has 0 aliphatic heterocycles. The summed E-state index contributed by atoms with van der Waals surface area (Å²) < 4.78 is 4.84. The molecule has 0 atom stereocenters.